The lowest BCUT2D eigenvalue weighted by Gasteiger charge is -2.17. The third-order valence-electron chi connectivity index (χ3n) is 2.06. The minimum atomic E-state index is -0.588. The van der Waals surface area contributed by atoms with E-state index < -0.39 is 6.17 Å². The van der Waals surface area contributed by atoms with E-state index in [1.54, 1.807) is 0 Å². The van der Waals surface area contributed by atoms with Crippen molar-refractivity contribution in [3.05, 3.63) is 0 Å². The molecule has 0 nitrogen and oxygen atoms in total. The molecule has 0 aliphatic rings. The summed E-state index contributed by atoms with van der Waals surface area (Å²) in [6.07, 6.45) is 2.25. The molecular formula is C10H21F. The standard InChI is InChI=1S/C10H21F/c1-5-6-9(4)10(11)7-8(2)3/h8-10H,5-7H2,1-4H3. The zero-order valence-electron chi connectivity index (χ0n) is 8.23. The van der Waals surface area contributed by atoms with E-state index in [0.29, 0.717) is 5.92 Å². The van der Waals surface area contributed by atoms with Crippen molar-refractivity contribution in [2.24, 2.45) is 11.8 Å². The predicted octanol–water partition coefficient (Wildman–Crippen LogP) is 3.81. The first kappa shape index (κ1) is 10.9. The molecule has 0 aromatic rings. The van der Waals surface area contributed by atoms with E-state index in [1.807, 2.05) is 6.92 Å². The van der Waals surface area contributed by atoms with Crippen LogP contribution in [0.25, 0.3) is 0 Å². The van der Waals surface area contributed by atoms with Crippen molar-refractivity contribution in [2.75, 3.05) is 0 Å². The van der Waals surface area contributed by atoms with Gasteiger partial charge in [-0.25, -0.2) is 4.39 Å². The van der Waals surface area contributed by atoms with Gasteiger partial charge in [0.15, 0.2) is 0 Å². The van der Waals surface area contributed by atoms with E-state index in [0.717, 1.165) is 19.3 Å². The molecule has 0 radical (unpaired) electrons. The van der Waals surface area contributed by atoms with Gasteiger partial charge in [0.05, 0.1) is 0 Å². The first-order chi connectivity index (χ1) is 5.07. The Morgan fingerprint density at radius 1 is 1.18 bits per heavy atom. The highest BCUT2D eigenvalue weighted by Gasteiger charge is 2.16. The van der Waals surface area contributed by atoms with Crippen molar-refractivity contribution in [2.45, 2.75) is 53.1 Å². The van der Waals surface area contributed by atoms with E-state index in [4.69, 9.17) is 0 Å². The van der Waals surface area contributed by atoms with Crippen molar-refractivity contribution in [1.29, 1.82) is 0 Å². The van der Waals surface area contributed by atoms with Gasteiger partial charge in [0, 0.05) is 0 Å². The summed E-state index contributed by atoms with van der Waals surface area (Å²) in [4.78, 5) is 0. The minimum absolute atomic E-state index is 0.252. The number of halogens is 1. The van der Waals surface area contributed by atoms with Gasteiger partial charge in [-0.15, -0.1) is 0 Å². The highest BCUT2D eigenvalue weighted by Crippen LogP contribution is 2.20. The number of hydrogen-bond donors (Lipinski definition) is 0. The summed E-state index contributed by atoms with van der Waals surface area (Å²) >= 11 is 0. The fourth-order valence-corrected chi connectivity index (χ4v) is 1.32. The Labute approximate surface area is 70.2 Å². The fourth-order valence-electron chi connectivity index (χ4n) is 1.32. The predicted molar refractivity (Wildman–Crippen MR) is 48.4 cm³/mol. The van der Waals surface area contributed by atoms with E-state index in [2.05, 4.69) is 20.8 Å². The highest BCUT2D eigenvalue weighted by atomic mass is 19.1. The zero-order valence-corrected chi connectivity index (χ0v) is 8.23. The molecule has 0 saturated heterocycles. The SMILES string of the molecule is CCCC(C)C(F)CC(C)C. The van der Waals surface area contributed by atoms with Gasteiger partial charge < -0.3 is 0 Å². The summed E-state index contributed by atoms with van der Waals surface area (Å²) < 4.78 is 13.2. The Bertz CT molecular complexity index is 88.9. The normalized spacial score (nSPS) is 16.9. The van der Waals surface area contributed by atoms with Gasteiger partial charge in [-0.1, -0.05) is 34.1 Å². The molecule has 1 heteroatoms. The summed E-state index contributed by atoms with van der Waals surface area (Å²) in [5, 5.41) is 0. The highest BCUT2D eigenvalue weighted by molar-refractivity contribution is 4.65. The molecular weight excluding hydrogens is 139 g/mol. The van der Waals surface area contributed by atoms with Crippen LogP contribution in [0, 0.1) is 11.8 Å². The molecule has 68 valence electrons. The molecule has 0 aliphatic heterocycles. The lowest BCUT2D eigenvalue weighted by Crippen LogP contribution is -2.14. The average Bonchev–Trinajstić information content (AvgIpc) is 1.86. The molecule has 0 aromatic carbocycles. The molecule has 0 aliphatic carbocycles. The maximum atomic E-state index is 13.2. The lowest BCUT2D eigenvalue weighted by molar-refractivity contribution is 0.197. The van der Waals surface area contributed by atoms with E-state index >= 15 is 0 Å². The van der Waals surface area contributed by atoms with Crippen LogP contribution in [0.2, 0.25) is 0 Å². The van der Waals surface area contributed by atoms with Gasteiger partial charge in [-0.3, -0.25) is 0 Å². The molecule has 2 unspecified atom stereocenters. The van der Waals surface area contributed by atoms with Gasteiger partial charge in [0.1, 0.15) is 6.17 Å². The van der Waals surface area contributed by atoms with Crippen LogP contribution in [0.4, 0.5) is 4.39 Å². The maximum Gasteiger partial charge on any atom is 0.103 e. The summed E-state index contributed by atoms with van der Waals surface area (Å²) in [6, 6.07) is 0. The molecule has 0 N–H and O–H groups in total. The quantitative estimate of drug-likeness (QED) is 0.573. The minimum Gasteiger partial charge on any atom is -0.247 e. The third kappa shape index (κ3) is 5.23. The maximum absolute atomic E-state index is 13.2. The Balaban J connectivity index is 3.54. The second-order valence-corrected chi connectivity index (χ2v) is 3.91. The smallest absolute Gasteiger partial charge is 0.103 e. The van der Waals surface area contributed by atoms with Crippen LogP contribution in [0.1, 0.15) is 47.0 Å². The van der Waals surface area contributed by atoms with Crippen LogP contribution in [-0.2, 0) is 0 Å². The van der Waals surface area contributed by atoms with Gasteiger partial charge in [0.2, 0.25) is 0 Å². The fraction of sp³-hybridized carbons (Fsp3) is 1.00. The summed E-state index contributed by atoms with van der Waals surface area (Å²) in [5.41, 5.74) is 0. The average molecular weight is 160 g/mol. The van der Waals surface area contributed by atoms with Gasteiger partial charge in [0.25, 0.3) is 0 Å². The molecule has 2 atom stereocenters. The Morgan fingerprint density at radius 2 is 1.73 bits per heavy atom. The Morgan fingerprint density at radius 3 is 2.09 bits per heavy atom. The largest absolute Gasteiger partial charge is 0.247 e. The topological polar surface area (TPSA) is 0 Å². The Kier molecular flexibility index (Phi) is 5.53. The Hall–Kier alpha value is -0.0700. The zero-order chi connectivity index (χ0) is 8.85. The third-order valence-corrected chi connectivity index (χ3v) is 2.06. The van der Waals surface area contributed by atoms with Crippen LogP contribution in [0.5, 0.6) is 0 Å². The molecule has 0 saturated carbocycles. The summed E-state index contributed by atoms with van der Waals surface area (Å²) in [5.74, 6) is 0.742. The van der Waals surface area contributed by atoms with Crippen molar-refractivity contribution >= 4 is 0 Å². The molecule has 0 spiro atoms. The molecule has 0 fully saturated rings. The number of alkyl halides is 1. The van der Waals surface area contributed by atoms with Crippen LogP contribution in [0.3, 0.4) is 0 Å². The molecule has 11 heavy (non-hydrogen) atoms. The molecule has 0 amide bonds. The van der Waals surface area contributed by atoms with E-state index in [-0.39, 0.29) is 5.92 Å². The second-order valence-electron chi connectivity index (χ2n) is 3.91. The van der Waals surface area contributed by atoms with Gasteiger partial charge in [-0.05, 0) is 24.7 Å². The molecule has 0 aromatic heterocycles. The van der Waals surface area contributed by atoms with Crippen LogP contribution < -0.4 is 0 Å². The summed E-state index contributed by atoms with van der Waals surface area (Å²) in [6.45, 7) is 8.27. The van der Waals surface area contributed by atoms with Crippen molar-refractivity contribution in [1.82, 2.24) is 0 Å². The summed E-state index contributed by atoms with van der Waals surface area (Å²) in [7, 11) is 0. The van der Waals surface area contributed by atoms with Crippen LogP contribution >= 0.6 is 0 Å². The molecule has 0 heterocycles. The first-order valence-corrected chi connectivity index (χ1v) is 4.72. The van der Waals surface area contributed by atoms with Crippen LogP contribution in [-0.4, -0.2) is 6.17 Å². The first-order valence-electron chi connectivity index (χ1n) is 4.72. The number of rotatable bonds is 5. The van der Waals surface area contributed by atoms with E-state index in [1.165, 1.54) is 0 Å². The van der Waals surface area contributed by atoms with Gasteiger partial charge in [-0.2, -0.15) is 0 Å². The monoisotopic (exact) mass is 160 g/mol. The van der Waals surface area contributed by atoms with Crippen molar-refractivity contribution in [3.63, 3.8) is 0 Å². The molecule has 0 rings (SSSR count). The van der Waals surface area contributed by atoms with Gasteiger partial charge >= 0.3 is 0 Å². The lowest BCUT2D eigenvalue weighted by atomic mass is 9.94. The number of hydrogen-bond acceptors (Lipinski definition) is 0. The van der Waals surface area contributed by atoms with Crippen molar-refractivity contribution in [3.8, 4) is 0 Å². The molecule has 0 bridgehead atoms. The van der Waals surface area contributed by atoms with E-state index in [9.17, 15) is 4.39 Å². The second kappa shape index (κ2) is 5.56. The van der Waals surface area contributed by atoms with Crippen molar-refractivity contribution < 1.29 is 4.39 Å². The van der Waals surface area contributed by atoms with Crippen LogP contribution in [0.15, 0.2) is 0 Å².